The summed E-state index contributed by atoms with van der Waals surface area (Å²) in [5, 5.41) is 8.49. The van der Waals surface area contributed by atoms with Crippen molar-refractivity contribution in [3.63, 3.8) is 0 Å². The van der Waals surface area contributed by atoms with Crippen LogP contribution in [0.3, 0.4) is 0 Å². The van der Waals surface area contributed by atoms with E-state index in [2.05, 4.69) is 46.3 Å². The zero-order valence-corrected chi connectivity index (χ0v) is 16.5. The highest BCUT2D eigenvalue weighted by Gasteiger charge is 2.17. The quantitative estimate of drug-likeness (QED) is 0.664. The highest BCUT2D eigenvalue weighted by atomic mass is 16.1. The number of rotatable bonds is 2. The summed E-state index contributed by atoms with van der Waals surface area (Å²) in [5.74, 6) is 0. The van der Waals surface area contributed by atoms with E-state index in [1.807, 2.05) is 38.1 Å². The van der Waals surface area contributed by atoms with Crippen LogP contribution in [0, 0.1) is 0 Å². The largest absolute Gasteiger partial charge is 0.369 e. The smallest absolute Gasteiger partial charge is 0.272 e. The van der Waals surface area contributed by atoms with E-state index in [1.165, 1.54) is 31.4 Å². The normalized spacial score (nSPS) is 17.1. The van der Waals surface area contributed by atoms with Crippen LogP contribution in [0.2, 0.25) is 0 Å². The fourth-order valence-electron chi connectivity index (χ4n) is 3.80. The van der Waals surface area contributed by atoms with Gasteiger partial charge in [0.05, 0.1) is 11.1 Å². The van der Waals surface area contributed by atoms with E-state index in [1.54, 1.807) is 0 Å². The van der Waals surface area contributed by atoms with Gasteiger partial charge in [0.1, 0.15) is 0 Å². The summed E-state index contributed by atoms with van der Waals surface area (Å²) in [5.41, 5.74) is 2.98. The number of nitrogens with zero attached hydrogens (tertiary/aromatic N) is 2. The number of benzene rings is 2. The Hall–Kier alpha value is -2.62. The van der Waals surface area contributed by atoms with Gasteiger partial charge in [-0.3, -0.25) is 4.79 Å². The minimum atomic E-state index is -0.144. The van der Waals surface area contributed by atoms with Crippen LogP contribution >= 0.6 is 0 Å². The van der Waals surface area contributed by atoms with Crippen LogP contribution in [0.5, 0.6) is 0 Å². The molecule has 0 saturated carbocycles. The summed E-state index contributed by atoms with van der Waals surface area (Å²) < 4.78 is 0. The van der Waals surface area contributed by atoms with Gasteiger partial charge in [0.15, 0.2) is 0 Å². The van der Waals surface area contributed by atoms with E-state index in [-0.39, 0.29) is 5.56 Å². The van der Waals surface area contributed by atoms with E-state index in [0.717, 1.165) is 23.2 Å². The third kappa shape index (κ3) is 4.05. The molecule has 3 aromatic rings. The molecule has 1 aliphatic rings. The second-order valence-corrected chi connectivity index (χ2v) is 6.89. The molecule has 0 bridgehead atoms. The number of nitrogens with one attached hydrogen (secondary N) is 1. The Morgan fingerprint density at radius 3 is 2.41 bits per heavy atom. The molecule has 0 amide bonds. The fraction of sp³-hybridized carbons (Fsp3) is 0.391. The van der Waals surface area contributed by atoms with Crippen LogP contribution in [-0.4, -0.2) is 22.8 Å². The number of aromatic nitrogens is 2. The predicted molar refractivity (Wildman–Crippen MR) is 114 cm³/mol. The SMILES string of the molecule is CC.CC1CCCCCN1c1ccc(-c2n[nH]c(=O)c3ccccc23)cc1. The first-order valence-electron chi connectivity index (χ1n) is 10.1. The highest BCUT2D eigenvalue weighted by molar-refractivity contribution is 5.93. The van der Waals surface area contributed by atoms with Gasteiger partial charge in [-0.15, -0.1) is 0 Å². The highest BCUT2D eigenvalue weighted by Crippen LogP contribution is 2.28. The summed E-state index contributed by atoms with van der Waals surface area (Å²) in [6, 6.07) is 16.8. The van der Waals surface area contributed by atoms with Crippen molar-refractivity contribution in [2.45, 2.75) is 52.5 Å². The van der Waals surface area contributed by atoms with Crippen LogP contribution in [0.15, 0.2) is 53.3 Å². The lowest BCUT2D eigenvalue weighted by Gasteiger charge is -2.29. The van der Waals surface area contributed by atoms with Crippen molar-refractivity contribution in [3.8, 4) is 11.3 Å². The van der Waals surface area contributed by atoms with Gasteiger partial charge in [0.2, 0.25) is 0 Å². The number of aromatic amines is 1. The molecule has 4 heteroatoms. The lowest BCUT2D eigenvalue weighted by molar-refractivity contribution is 0.616. The van der Waals surface area contributed by atoms with Crippen molar-refractivity contribution < 1.29 is 0 Å². The van der Waals surface area contributed by atoms with Gasteiger partial charge in [0.25, 0.3) is 5.56 Å². The van der Waals surface area contributed by atoms with Gasteiger partial charge in [-0.25, -0.2) is 5.10 Å². The molecule has 2 aromatic carbocycles. The molecule has 1 aliphatic heterocycles. The molecule has 1 aromatic heterocycles. The summed E-state index contributed by atoms with van der Waals surface area (Å²) in [6.45, 7) is 7.44. The maximum absolute atomic E-state index is 12.0. The Balaban J connectivity index is 0.00000102. The molecule has 1 atom stereocenters. The minimum Gasteiger partial charge on any atom is -0.369 e. The van der Waals surface area contributed by atoms with Gasteiger partial charge in [-0.2, -0.15) is 5.10 Å². The van der Waals surface area contributed by atoms with Gasteiger partial charge in [-0.05, 0) is 38.0 Å². The molecule has 0 aliphatic carbocycles. The maximum Gasteiger partial charge on any atom is 0.272 e. The Labute approximate surface area is 161 Å². The summed E-state index contributed by atoms with van der Waals surface area (Å²) >= 11 is 0. The van der Waals surface area contributed by atoms with E-state index in [0.29, 0.717) is 11.4 Å². The monoisotopic (exact) mass is 363 g/mol. The summed E-state index contributed by atoms with van der Waals surface area (Å²) in [6.07, 6.45) is 5.17. The first kappa shape index (κ1) is 19.2. The Kier molecular flexibility index (Phi) is 6.28. The van der Waals surface area contributed by atoms with E-state index in [4.69, 9.17) is 0 Å². The second kappa shape index (κ2) is 8.85. The van der Waals surface area contributed by atoms with Gasteiger partial charge in [0, 0.05) is 29.2 Å². The molecule has 2 heterocycles. The van der Waals surface area contributed by atoms with Crippen LogP contribution in [0.4, 0.5) is 5.69 Å². The first-order chi connectivity index (χ1) is 13.2. The minimum absolute atomic E-state index is 0.144. The summed E-state index contributed by atoms with van der Waals surface area (Å²) in [4.78, 5) is 14.5. The van der Waals surface area contributed by atoms with E-state index in [9.17, 15) is 4.79 Å². The van der Waals surface area contributed by atoms with Crippen molar-refractivity contribution in [2.75, 3.05) is 11.4 Å². The zero-order chi connectivity index (χ0) is 19.2. The average Bonchev–Trinajstić information content (AvgIpc) is 2.95. The number of hydrogen-bond donors (Lipinski definition) is 1. The molecule has 27 heavy (non-hydrogen) atoms. The zero-order valence-electron chi connectivity index (χ0n) is 16.5. The number of H-pyrrole nitrogens is 1. The predicted octanol–water partition coefficient (Wildman–Crippen LogP) is 5.39. The third-order valence-corrected chi connectivity index (χ3v) is 5.22. The van der Waals surface area contributed by atoms with Crippen molar-refractivity contribution in [3.05, 3.63) is 58.9 Å². The Morgan fingerprint density at radius 2 is 1.67 bits per heavy atom. The van der Waals surface area contributed by atoms with E-state index >= 15 is 0 Å². The molecular weight excluding hydrogens is 334 g/mol. The van der Waals surface area contributed by atoms with Crippen LogP contribution in [0.1, 0.15) is 46.5 Å². The molecule has 142 valence electrons. The van der Waals surface area contributed by atoms with Gasteiger partial charge < -0.3 is 4.90 Å². The molecule has 0 radical (unpaired) electrons. The van der Waals surface area contributed by atoms with Crippen molar-refractivity contribution in [1.82, 2.24) is 10.2 Å². The molecular formula is C23H29N3O. The van der Waals surface area contributed by atoms with Gasteiger partial charge >= 0.3 is 0 Å². The molecule has 1 saturated heterocycles. The average molecular weight is 364 g/mol. The standard InChI is InChI=1S/C21H23N3O.C2H6/c1-15-7-3-2-6-14-24(15)17-12-10-16(11-13-17)20-18-8-4-5-9-19(18)21(25)23-22-20;1-2/h4-5,8-13,15H,2-3,6-7,14H2,1H3,(H,23,25);1-2H3. The van der Waals surface area contributed by atoms with Crippen LogP contribution in [-0.2, 0) is 0 Å². The topological polar surface area (TPSA) is 49.0 Å². The lowest BCUT2D eigenvalue weighted by Crippen LogP contribution is -2.32. The molecule has 4 rings (SSSR count). The molecule has 1 fully saturated rings. The number of fused-ring (bicyclic) bond motifs is 1. The molecule has 1 N–H and O–H groups in total. The van der Waals surface area contributed by atoms with Crippen LogP contribution in [0.25, 0.3) is 22.0 Å². The third-order valence-electron chi connectivity index (χ3n) is 5.22. The lowest BCUT2D eigenvalue weighted by atomic mass is 10.0. The van der Waals surface area contributed by atoms with E-state index < -0.39 is 0 Å². The number of anilines is 1. The molecule has 1 unspecified atom stereocenters. The fourth-order valence-corrected chi connectivity index (χ4v) is 3.80. The van der Waals surface area contributed by atoms with Crippen LogP contribution < -0.4 is 10.5 Å². The maximum atomic E-state index is 12.0. The van der Waals surface area contributed by atoms with Crippen molar-refractivity contribution in [2.24, 2.45) is 0 Å². The van der Waals surface area contributed by atoms with Crippen molar-refractivity contribution in [1.29, 1.82) is 0 Å². The molecule has 4 nitrogen and oxygen atoms in total. The Bertz CT molecular complexity index is 930. The molecule has 0 spiro atoms. The van der Waals surface area contributed by atoms with Crippen molar-refractivity contribution >= 4 is 16.5 Å². The summed E-state index contributed by atoms with van der Waals surface area (Å²) in [7, 11) is 0. The van der Waals surface area contributed by atoms with Gasteiger partial charge in [-0.1, -0.05) is 57.0 Å². The number of hydrogen-bond acceptors (Lipinski definition) is 3. The Morgan fingerprint density at radius 1 is 0.963 bits per heavy atom. The first-order valence-corrected chi connectivity index (χ1v) is 10.1. The second-order valence-electron chi connectivity index (χ2n) is 6.89.